The predicted octanol–water partition coefficient (Wildman–Crippen LogP) is 3.83. The summed E-state index contributed by atoms with van der Waals surface area (Å²) in [6, 6.07) is 8.25. The highest BCUT2D eigenvalue weighted by atomic mass is 16.6. The van der Waals surface area contributed by atoms with E-state index in [2.05, 4.69) is 0 Å². The van der Waals surface area contributed by atoms with E-state index in [1.807, 2.05) is 6.92 Å². The maximum atomic E-state index is 11.2. The van der Waals surface area contributed by atoms with E-state index >= 15 is 0 Å². The number of aryl methyl sites for hydroxylation is 1. The van der Waals surface area contributed by atoms with Crippen molar-refractivity contribution < 1.29 is 15.0 Å². The Morgan fingerprint density at radius 1 is 1.05 bits per heavy atom. The summed E-state index contributed by atoms with van der Waals surface area (Å²) in [5.41, 5.74) is 0.855. The number of nitro benzene ring substituents is 2. The lowest BCUT2D eigenvalue weighted by Gasteiger charge is -2.08. The number of nitrogens with zero attached hydrogens (tertiary/aromatic N) is 2. The number of nitro groups is 2. The minimum absolute atomic E-state index is 0.134. The van der Waals surface area contributed by atoms with Gasteiger partial charge >= 0.3 is 0 Å². The molecule has 0 aliphatic carbocycles. The zero-order valence-electron chi connectivity index (χ0n) is 11.9. The third-order valence-corrected chi connectivity index (χ3v) is 3.30. The number of phenols is 1. The van der Waals surface area contributed by atoms with Crippen molar-refractivity contribution in [2.45, 2.75) is 19.8 Å². The van der Waals surface area contributed by atoms with E-state index in [9.17, 15) is 25.3 Å². The molecule has 22 heavy (non-hydrogen) atoms. The van der Waals surface area contributed by atoms with E-state index < -0.39 is 9.85 Å². The highest BCUT2D eigenvalue weighted by Crippen LogP contribution is 2.35. The second-order valence-electron chi connectivity index (χ2n) is 4.81. The van der Waals surface area contributed by atoms with Gasteiger partial charge in [-0.3, -0.25) is 20.2 Å². The lowest BCUT2D eigenvalue weighted by Crippen LogP contribution is -1.96. The molecule has 114 valence electrons. The average molecular weight is 302 g/mol. The highest BCUT2D eigenvalue weighted by Gasteiger charge is 2.21. The second-order valence-corrected chi connectivity index (χ2v) is 4.81. The van der Waals surface area contributed by atoms with Crippen LogP contribution in [-0.2, 0) is 6.42 Å². The third kappa shape index (κ3) is 3.03. The summed E-state index contributed by atoms with van der Waals surface area (Å²) >= 11 is 0. The van der Waals surface area contributed by atoms with Gasteiger partial charge in [-0.1, -0.05) is 19.4 Å². The fourth-order valence-corrected chi connectivity index (χ4v) is 2.25. The number of benzene rings is 2. The Balaban J connectivity index is 2.59. The summed E-state index contributed by atoms with van der Waals surface area (Å²) in [4.78, 5) is 20.6. The fourth-order valence-electron chi connectivity index (χ4n) is 2.25. The molecule has 2 rings (SSSR count). The first-order valence-electron chi connectivity index (χ1n) is 6.69. The van der Waals surface area contributed by atoms with Crippen molar-refractivity contribution in [2.24, 2.45) is 0 Å². The molecule has 0 amide bonds. The van der Waals surface area contributed by atoms with Crippen LogP contribution in [0, 0.1) is 20.2 Å². The number of aromatic hydroxyl groups is 1. The monoisotopic (exact) mass is 302 g/mol. The Kier molecular flexibility index (Phi) is 4.36. The van der Waals surface area contributed by atoms with Gasteiger partial charge in [0.05, 0.1) is 21.5 Å². The highest BCUT2D eigenvalue weighted by molar-refractivity contribution is 5.76. The smallest absolute Gasteiger partial charge is 0.284 e. The number of hydrogen-bond donors (Lipinski definition) is 1. The van der Waals surface area contributed by atoms with Crippen LogP contribution >= 0.6 is 0 Å². The molecule has 7 nitrogen and oxygen atoms in total. The van der Waals surface area contributed by atoms with Gasteiger partial charge < -0.3 is 5.11 Å². The Bertz CT molecular complexity index is 743. The minimum Gasteiger partial charge on any atom is -0.508 e. The second kappa shape index (κ2) is 6.21. The van der Waals surface area contributed by atoms with Crippen molar-refractivity contribution in [3.8, 4) is 16.9 Å². The van der Waals surface area contributed by atoms with E-state index in [0.717, 1.165) is 12.5 Å². The summed E-state index contributed by atoms with van der Waals surface area (Å²) in [5, 5.41) is 31.7. The molecule has 0 fully saturated rings. The Labute approximate surface area is 126 Å². The van der Waals surface area contributed by atoms with Crippen LogP contribution < -0.4 is 0 Å². The van der Waals surface area contributed by atoms with Crippen molar-refractivity contribution in [3.05, 3.63) is 62.2 Å². The van der Waals surface area contributed by atoms with Gasteiger partial charge in [0.1, 0.15) is 5.75 Å². The Hall–Kier alpha value is -2.96. The minimum atomic E-state index is -0.671. The molecule has 0 saturated carbocycles. The van der Waals surface area contributed by atoms with Crippen LogP contribution in [0.2, 0.25) is 0 Å². The van der Waals surface area contributed by atoms with Gasteiger partial charge in [0.15, 0.2) is 0 Å². The predicted molar refractivity (Wildman–Crippen MR) is 80.8 cm³/mol. The van der Waals surface area contributed by atoms with Crippen molar-refractivity contribution in [1.29, 1.82) is 0 Å². The van der Waals surface area contributed by atoms with Gasteiger partial charge in [-0.05, 0) is 35.7 Å². The molecular weight excluding hydrogens is 288 g/mol. The standard InChI is InChI=1S/C15H14N2O5/c1-2-3-11-8-10(4-7-15(11)18)13-6-5-12(16(19)20)9-14(13)17(21)22/h4-9,18H,2-3H2,1H3. The molecule has 2 aromatic rings. The molecule has 0 aliphatic rings. The van der Waals surface area contributed by atoms with E-state index in [1.165, 1.54) is 18.2 Å². The van der Waals surface area contributed by atoms with E-state index in [1.54, 1.807) is 12.1 Å². The number of hydrogen-bond acceptors (Lipinski definition) is 5. The number of non-ortho nitro benzene ring substituents is 1. The van der Waals surface area contributed by atoms with Gasteiger partial charge in [0.2, 0.25) is 0 Å². The van der Waals surface area contributed by atoms with Gasteiger partial charge in [0.25, 0.3) is 11.4 Å². The SMILES string of the molecule is CCCc1cc(-c2ccc([N+](=O)[O-])cc2[N+](=O)[O-])ccc1O. The topological polar surface area (TPSA) is 107 Å². The van der Waals surface area contributed by atoms with Crippen LogP contribution in [0.1, 0.15) is 18.9 Å². The molecule has 2 aromatic carbocycles. The quantitative estimate of drug-likeness (QED) is 0.667. The third-order valence-electron chi connectivity index (χ3n) is 3.30. The zero-order valence-corrected chi connectivity index (χ0v) is 11.9. The lowest BCUT2D eigenvalue weighted by molar-refractivity contribution is -0.393. The largest absolute Gasteiger partial charge is 0.508 e. The van der Waals surface area contributed by atoms with Crippen LogP contribution in [0.3, 0.4) is 0 Å². The molecule has 0 aliphatic heterocycles. The maximum Gasteiger partial charge on any atom is 0.284 e. The molecule has 1 N–H and O–H groups in total. The average Bonchev–Trinajstić information content (AvgIpc) is 2.49. The number of rotatable bonds is 5. The summed E-state index contributed by atoms with van der Waals surface area (Å²) in [5.74, 6) is 0.134. The van der Waals surface area contributed by atoms with Crippen molar-refractivity contribution >= 4 is 11.4 Å². The summed E-state index contributed by atoms with van der Waals surface area (Å²) < 4.78 is 0. The summed E-state index contributed by atoms with van der Waals surface area (Å²) in [6.45, 7) is 1.96. The lowest BCUT2D eigenvalue weighted by atomic mass is 9.98. The van der Waals surface area contributed by atoms with Gasteiger partial charge in [-0.2, -0.15) is 0 Å². The van der Waals surface area contributed by atoms with Gasteiger partial charge in [-0.25, -0.2) is 0 Å². The van der Waals surface area contributed by atoms with Crippen molar-refractivity contribution in [2.75, 3.05) is 0 Å². The molecule has 0 aromatic heterocycles. The first-order valence-corrected chi connectivity index (χ1v) is 6.69. The van der Waals surface area contributed by atoms with Crippen molar-refractivity contribution in [3.63, 3.8) is 0 Å². The molecule has 0 saturated heterocycles. The molecular formula is C15H14N2O5. The Morgan fingerprint density at radius 2 is 1.77 bits per heavy atom. The summed E-state index contributed by atoms with van der Waals surface area (Å²) in [6.07, 6.45) is 1.46. The van der Waals surface area contributed by atoms with E-state index in [-0.39, 0.29) is 22.7 Å². The molecule has 0 atom stereocenters. The van der Waals surface area contributed by atoms with Crippen molar-refractivity contribution in [1.82, 2.24) is 0 Å². The van der Waals surface area contributed by atoms with Gasteiger partial charge in [0, 0.05) is 6.07 Å². The first kappa shape index (κ1) is 15.4. The first-order chi connectivity index (χ1) is 10.4. The molecule has 0 spiro atoms. The zero-order chi connectivity index (χ0) is 16.3. The maximum absolute atomic E-state index is 11.2. The van der Waals surface area contributed by atoms with Gasteiger partial charge in [-0.15, -0.1) is 0 Å². The van der Waals surface area contributed by atoms with Crippen LogP contribution in [0.15, 0.2) is 36.4 Å². The fraction of sp³-hybridized carbons (Fsp3) is 0.200. The van der Waals surface area contributed by atoms with Crippen LogP contribution in [0.5, 0.6) is 5.75 Å². The normalized spacial score (nSPS) is 10.4. The molecule has 0 radical (unpaired) electrons. The molecule has 0 bridgehead atoms. The number of phenolic OH excluding ortho intramolecular Hbond substituents is 1. The van der Waals surface area contributed by atoms with E-state index in [0.29, 0.717) is 17.5 Å². The Morgan fingerprint density at radius 3 is 2.36 bits per heavy atom. The summed E-state index contributed by atoms with van der Waals surface area (Å²) in [7, 11) is 0. The molecule has 0 unspecified atom stereocenters. The van der Waals surface area contributed by atoms with E-state index in [4.69, 9.17) is 0 Å². The van der Waals surface area contributed by atoms with Crippen LogP contribution in [0.4, 0.5) is 11.4 Å². The molecule has 7 heteroatoms. The van der Waals surface area contributed by atoms with Crippen LogP contribution in [0.25, 0.3) is 11.1 Å². The molecule has 0 heterocycles. The van der Waals surface area contributed by atoms with Crippen LogP contribution in [-0.4, -0.2) is 15.0 Å².